The lowest BCUT2D eigenvalue weighted by atomic mass is 10.1. The van der Waals surface area contributed by atoms with Gasteiger partial charge in [0.15, 0.2) is 0 Å². The van der Waals surface area contributed by atoms with Crippen LogP contribution in [0.25, 0.3) is 17.7 Å². The lowest BCUT2D eigenvalue weighted by molar-refractivity contribution is -0.123. The second kappa shape index (κ2) is 7.71. The molecule has 0 saturated carbocycles. The molecule has 0 radical (unpaired) electrons. The third-order valence-electron chi connectivity index (χ3n) is 3.28. The minimum atomic E-state index is -0.344. The van der Waals surface area contributed by atoms with Gasteiger partial charge in [-0.25, -0.2) is 0 Å². The topological polar surface area (TPSA) is 46.2 Å². The molecule has 0 aliphatic carbocycles. The predicted molar refractivity (Wildman–Crippen MR) is 94.2 cm³/mol. The minimum Gasteiger partial charge on any atom is -0.289 e. The van der Waals surface area contributed by atoms with Crippen LogP contribution in [0.5, 0.6) is 0 Å². The van der Waals surface area contributed by atoms with Crippen molar-refractivity contribution < 1.29 is 9.59 Å². The summed E-state index contributed by atoms with van der Waals surface area (Å²) in [4.78, 5) is 22.0. The number of imide groups is 1. The van der Waals surface area contributed by atoms with Crippen molar-refractivity contribution >= 4 is 29.5 Å². The Hall–Kier alpha value is -3.20. The number of carbonyl (C=O) groups is 2. The lowest BCUT2D eigenvalue weighted by Gasteiger charge is -1.97. The molecule has 3 heteroatoms. The SMILES string of the molecule is C=Cc1ccccc1C=C.O=C1C=C(c2ccccc2)C(=O)N1. The second-order valence-corrected chi connectivity index (χ2v) is 4.78. The molecule has 1 heterocycles. The highest BCUT2D eigenvalue weighted by Crippen LogP contribution is 2.16. The minimum absolute atomic E-state index is 0.323. The zero-order chi connectivity index (χ0) is 16.7. The van der Waals surface area contributed by atoms with E-state index in [1.807, 2.05) is 54.6 Å². The molecule has 1 aliphatic heterocycles. The van der Waals surface area contributed by atoms with Gasteiger partial charge >= 0.3 is 0 Å². The zero-order valence-corrected chi connectivity index (χ0v) is 12.7. The van der Waals surface area contributed by atoms with Gasteiger partial charge in [-0.2, -0.15) is 0 Å². The molecule has 114 valence electrons. The summed E-state index contributed by atoms with van der Waals surface area (Å²) in [5.41, 5.74) is 3.48. The van der Waals surface area contributed by atoms with E-state index in [0.29, 0.717) is 5.57 Å². The zero-order valence-electron chi connectivity index (χ0n) is 12.7. The Labute approximate surface area is 135 Å². The van der Waals surface area contributed by atoms with Crippen molar-refractivity contribution in [3.8, 4) is 0 Å². The van der Waals surface area contributed by atoms with Crippen molar-refractivity contribution in [1.82, 2.24) is 5.32 Å². The summed E-state index contributed by atoms with van der Waals surface area (Å²) in [5.74, 6) is -0.667. The fraction of sp³-hybridized carbons (Fsp3) is 0. The smallest absolute Gasteiger partial charge is 0.258 e. The van der Waals surface area contributed by atoms with E-state index >= 15 is 0 Å². The van der Waals surface area contributed by atoms with Gasteiger partial charge in [0, 0.05) is 6.08 Å². The quantitative estimate of drug-likeness (QED) is 0.879. The van der Waals surface area contributed by atoms with Crippen LogP contribution in [-0.2, 0) is 9.59 Å². The average Bonchev–Trinajstić information content (AvgIpc) is 2.94. The monoisotopic (exact) mass is 303 g/mol. The van der Waals surface area contributed by atoms with Crippen molar-refractivity contribution in [3.05, 3.63) is 90.5 Å². The maximum Gasteiger partial charge on any atom is 0.258 e. The number of hydrogen-bond acceptors (Lipinski definition) is 2. The highest BCUT2D eigenvalue weighted by atomic mass is 16.2. The first-order valence-corrected chi connectivity index (χ1v) is 7.12. The summed E-state index contributed by atoms with van der Waals surface area (Å²) >= 11 is 0. The van der Waals surface area contributed by atoms with Gasteiger partial charge in [0.25, 0.3) is 11.8 Å². The maximum absolute atomic E-state index is 11.2. The molecule has 0 saturated heterocycles. The first kappa shape index (κ1) is 16.2. The molecule has 0 spiro atoms. The standard InChI is InChI=1S/C10H7NO2.C10H10/c12-9-6-8(10(13)11-9)7-4-2-1-3-5-7;1-3-9-7-5-6-8-10(9)4-2/h1-6H,(H,11,12,13);3-8H,1-2H2. The van der Waals surface area contributed by atoms with E-state index < -0.39 is 0 Å². The van der Waals surface area contributed by atoms with E-state index in [4.69, 9.17) is 0 Å². The first-order chi connectivity index (χ1) is 11.2. The molecule has 0 unspecified atom stereocenters. The number of rotatable bonds is 3. The molecule has 0 aromatic heterocycles. The van der Waals surface area contributed by atoms with Gasteiger partial charge in [0.05, 0.1) is 5.57 Å². The molecule has 23 heavy (non-hydrogen) atoms. The second-order valence-electron chi connectivity index (χ2n) is 4.78. The van der Waals surface area contributed by atoms with Crippen LogP contribution in [0.2, 0.25) is 0 Å². The van der Waals surface area contributed by atoms with Gasteiger partial charge < -0.3 is 0 Å². The predicted octanol–water partition coefficient (Wildman–Crippen LogP) is 3.70. The lowest BCUT2D eigenvalue weighted by Crippen LogP contribution is -2.21. The molecule has 2 aromatic rings. The summed E-state index contributed by atoms with van der Waals surface area (Å²) in [5, 5.41) is 2.19. The average molecular weight is 303 g/mol. The highest BCUT2D eigenvalue weighted by Gasteiger charge is 2.21. The number of nitrogens with one attached hydrogen (secondary N) is 1. The van der Waals surface area contributed by atoms with E-state index in [1.54, 1.807) is 12.1 Å². The third kappa shape index (κ3) is 4.14. The van der Waals surface area contributed by atoms with Crippen LogP contribution in [0, 0.1) is 0 Å². The van der Waals surface area contributed by atoms with Crippen LogP contribution in [-0.4, -0.2) is 11.8 Å². The van der Waals surface area contributed by atoms with Gasteiger partial charge in [0.2, 0.25) is 0 Å². The number of benzene rings is 2. The number of carbonyl (C=O) groups excluding carboxylic acids is 2. The summed E-state index contributed by atoms with van der Waals surface area (Å²) in [6, 6.07) is 17.1. The van der Waals surface area contributed by atoms with Gasteiger partial charge in [-0.3, -0.25) is 14.9 Å². The normalized spacial score (nSPS) is 12.6. The molecule has 0 fully saturated rings. The Bertz CT molecular complexity index is 746. The van der Waals surface area contributed by atoms with Crippen molar-refractivity contribution in [2.45, 2.75) is 0 Å². The largest absolute Gasteiger partial charge is 0.289 e. The van der Waals surface area contributed by atoms with Crippen LogP contribution >= 0.6 is 0 Å². The molecule has 2 aromatic carbocycles. The van der Waals surface area contributed by atoms with Crippen molar-refractivity contribution in [1.29, 1.82) is 0 Å². The van der Waals surface area contributed by atoms with Crippen molar-refractivity contribution in [3.63, 3.8) is 0 Å². The summed E-state index contributed by atoms with van der Waals surface area (Å²) < 4.78 is 0. The number of hydrogen-bond donors (Lipinski definition) is 1. The Balaban J connectivity index is 0.000000174. The molecular formula is C20H17NO2. The summed E-state index contributed by atoms with van der Waals surface area (Å²) in [6.45, 7) is 7.38. The Morgan fingerprint density at radius 1 is 0.783 bits per heavy atom. The van der Waals surface area contributed by atoms with Crippen LogP contribution in [0.1, 0.15) is 16.7 Å². The molecule has 3 nitrogen and oxygen atoms in total. The third-order valence-corrected chi connectivity index (χ3v) is 3.28. The van der Waals surface area contributed by atoms with Crippen LogP contribution < -0.4 is 5.32 Å². The van der Waals surface area contributed by atoms with Crippen molar-refractivity contribution in [2.24, 2.45) is 0 Å². The molecule has 1 N–H and O–H groups in total. The molecule has 2 amide bonds. The Kier molecular flexibility index (Phi) is 5.42. The molecule has 1 aliphatic rings. The van der Waals surface area contributed by atoms with E-state index in [-0.39, 0.29) is 11.8 Å². The van der Waals surface area contributed by atoms with Gasteiger partial charge in [-0.05, 0) is 16.7 Å². The molecular weight excluding hydrogens is 286 g/mol. The van der Waals surface area contributed by atoms with Gasteiger partial charge in [-0.1, -0.05) is 79.9 Å². The summed E-state index contributed by atoms with van der Waals surface area (Å²) in [7, 11) is 0. The number of amides is 2. The van der Waals surface area contributed by atoms with E-state index in [2.05, 4.69) is 18.5 Å². The molecule has 0 atom stereocenters. The summed E-state index contributed by atoms with van der Waals surface area (Å²) in [6.07, 6.45) is 4.98. The van der Waals surface area contributed by atoms with Crippen LogP contribution in [0.15, 0.2) is 73.8 Å². The fourth-order valence-corrected chi connectivity index (χ4v) is 2.13. The molecule has 0 bridgehead atoms. The van der Waals surface area contributed by atoms with E-state index in [1.165, 1.54) is 6.08 Å². The fourth-order valence-electron chi connectivity index (χ4n) is 2.13. The first-order valence-electron chi connectivity index (χ1n) is 7.12. The van der Waals surface area contributed by atoms with Crippen LogP contribution in [0.3, 0.4) is 0 Å². The molecule has 3 rings (SSSR count). The van der Waals surface area contributed by atoms with E-state index in [0.717, 1.165) is 16.7 Å². The van der Waals surface area contributed by atoms with E-state index in [9.17, 15) is 9.59 Å². The Morgan fingerprint density at radius 2 is 1.30 bits per heavy atom. The van der Waals surface area contributed by atoms with Gasteiger partial charge in [0.1, 0.15) is 0 Å². The van der Waals surface area contributed by atoms with Gasteiger partial charge in [-0.15, -0.1) is 0 Å². The highest BCUT2D eigenvalue weighted by molar-refractivity contribution is 6.33. The maximum atomic E-state index is 11.2. The Morgan fingerprint density at radius 3 is 1.74 bits per heavy atom. The van der Waals surface area contributed by atoms with Crippen LogP contribution in [0.4, 0.5) is 0 Å². The van der Waals surface area contributed by atoms with Crippen molar-refractivity contribution in [2.75, 3.05) is 0 Å².